The zero-order valence-electron chi connectivity index (χ0n) is 19.1. The number of aromatic nitrogens is 1. The van der Waals surface area contributed by atoms with Gasteiger partial charge in [0.15, 0.2) is 17.3 Å². The molecular formula is C27H21NO8. The third-order valence-electron chi connectivity index (χ3n) is 6.16. The number of hydrogen-bond acceptors (Lipinski definition) is 8. The lowest BCUT2D eigenvalue weighted by Gasteiger charge is -2.20. The molecule has 1 aliphatic rings. The van der Waals surface area contributed by atoms with Gasteiger partial charge in [0, 0.05) is 34.1 Å². The van der Waals surface area contributed by atoms with Crippen molar-refractivity contribution in [1.29, 1.82) is 0 Å². The second-order valence-corrected chi connectivity index (χ2v) is 8.27. The maximum atomic E-state index is 13.2. The summed E-state index contributed by atoms with van der Waals surface area (Å²) in [5.41, 5.74) is 0.132. The van der Waals surface area contributed by atoms with Gasteiger partial charge in [0.25, 0.3) is 5.56 Å². The zero-order valence-corrected chi connectivity index (χ0v) is 19.1. The summed E-state index contributed by atoms with van der Waals surface area (Å²) in [5, 5.41) is 22.5. The monoisotopic (exact) mass is 487 g/mol. The first-order chi connectivity index (χ1) is 17.4. The molecule has 1 aliphatic heterocycles. The number of fused-ring (bicyclic) bond motifs is 2. The first-order valence-electron chi connectivity index (χ1n) is 11.1. The Morgan fingerprint density at radius 2 is 1.75 bits per heavy atom. The molecule has 3 N–H and O–H groups in total. The van der Waals surface area contributed by atoms with E-state index >= 15 is 0 Å². The van der Waals surface area contributed by atoms with E-state index in [0.29, 0.717) is 28.0 Å². The predicted molar refractivity (Wildman–Crippen MR) is 129 cm³/mol. The van der Waals surface area contributed by atoms with E-state index in [1.54, 1.807) is 48.5 Å². The van der Waals surface area contributed by atoms with Crippen molar-refractivity contribution in [1.82, 2.24) is 4.98 Å². The zero-order chi connectivity index (χ0) is 25.4. The van der Waals surface area contributed by atoms with Gasteiger partial charge in [0.1, 0.15) is 11.5 Å². The lowest BCUT2D eigenvalue weighted by atomic mass is 9.85. The van der Waals surface area contributed by atoms with Crippen molar-refractivity contribution in [3.8, 4) is 23.0 Å². The molecule has 36 heavy (non-hydrogen) atoms. The summed E-state index contributed by atoms with van der Waals surface area (Å²) in [4.78, 5) is 41.4. The fourth-order valence-corrected chi connectivity index (χ4v) is 4.36. The van der Waals surface area contributed by atoms with E-state index in [1.165, 1.54) is 19.2 Å². The Morgan fingerprint density at radius 1 is 1.03 bits per heavy atom. The molecule has 182 valence electrons. The van der Waals surface area contributed by atoms with Crippen molar-refractivity contribution < 1.29 is 34.0 Å². The van der Waals surface area contributed by atoms with Crippen LogP contribution in [-0.4, -0.2) is 40.9 Å². The molecule has 9 nitrogen and oxygen atoms in total. The number of esters is 1. The molecule has 4 aromatic rings. The van der Waals surface area contributed by atoms with Crippen LogP contribution in [0.3, 0.4) is 0 Å². The molecule has 0 radical (unpaired) electrons. The molecule has 9 heteroatoms. The molecule has 0 unspecified atom stereocenters. The number of phenols is 2. The van der Waals surface area contributed by atoms with Gasteiger partial charge in [-0.3, -0.25) is 14.4 Å². The average Bonchev–Trinajstić information content (AvgIpc) is 3.34. The van der Waals surface area contributed by atoms with Gasteiger partial charge >= 0.3 is 5.97 Å². The van der Waals surface area contributed by atoms with Gasteiger partial charge < -0.3 is 29.4 Å². The number of ketones is 1. The quantitative estimate of drug-likeness (QED) is 0.277. The molecule has 0 fully saturated rings. The van der Waals surface area contributed by atoms with Gasteiger partial charge in [-0.1, -0.05) is 30.3 Å². The summed E-state index contributed by atoms with van der Waals surface area (Å²) in [6, 6.07) is 15.7. The smallest absolute Gasteiger partial charge is 0.306 e. The second-order valence-electron chi connectivity index (χ2n) is 8.27. The van der Waals surface area contributed by atoms with Crippen LogP contribution < -0.4 is 15.0 Å². The van der Waals surface area contributed by atoms with Crippen LogP contribution in [-0.2, 0) is 9.53 Å². The van der Waals surface area contributed by atoms with Gasteiger partial charge in [-0.25, -0.2) is 0 Å². The van der Waals surface area contributed by atoms with E-state index < -0.39 is 29.0 Å². The van der Waals surface area contributed by atoms with Crippen LogP contribution in [0.25, 0.3) is 10.9 Å². The van der Waals surface area contributed by atoms with E-state index in [0.717, 1.165) is 0 Å². The largest absolute Gasteiger partial charge is 0.508 e. The van der Waals surface area contributed by atoms with Crippen LogP contribution in [0.15, 0.2) is 65.5 Å². The Balaban J connectivity index is 1.69. The first-order valence-corrected chi connectivity index (χ1v) is 11.1. The summed E-state index contributed by atoms with van der Waals surface area (Å²) in [7, 11) is 1.19. The van der Waals surface area contributed by atoms with Crippen LogP contribution >= 0.6 is 0 Å². The molecule has 0 spiro atoms. The summed E-state index contributed by atoms with van der Waals surface area (Å²) in [6.45, 7) is 0.0533. The third-order valence-corrected chi connectivity index (χ3v) is 6.16. The average molecular weight is 487 g/mol. The van der Waals surface area contributed by atoms with Gasteiger partial charge in [-0.15, -0.1) is 0 Å². The molecule has 1 aromatic heterocycles. The number of H-pyrrole nitrogens is 1. The Hall–Kier alpha value is -4.79. The van der Waals surface area contributed by atoms with Crippen LogP contribution in [0, 0.1) is 0 Å². The van der Waals surface area contributed by atoms with Crippen LogP contribution in [0.1, 0.15) is 39.4 Å². The molecule has 0 bridgehead atoms. The minimum Gasteiger partial charge on any atom is -0.508 e. The van der Waals surface area contributed by atoms with Crippen LogP contribution in [0.5, 0.6) is 23.0 Å². The van der Waals surface area contributed by atoms with Gasteiger partial charge in [0.05, 0.1) is 24.6 Å². The van der Waals surface area contributed by atoms with E-state index in [1.807, 2.05) is 0 Å². The summed E-state index contributed by atoms with van der Waals surface area (Å²) in [6.07, 6.45) is -0.375. The molecule has 0 saturated carbocycles. The first kappa shape index (κ1) is 23.0. The number of aromatic amines is 1. The lowest BCUT2D eigenvalue weighted by molar-refractivity contribution is -0.140. The highest BCUT2D eigenvalue weighted by atomic mass is 16.7. The number of carbonyl (C=O) groups excluding carboxylic acids is 2. The number of rotatable bonds is 6. The highest BCUT2D eigenvalue weighted by Gasteiger charge is 2.30. The van der Waals surface area contributed by atoms with Crippen molar-refractivity contribution in [2.45, 2.75) is 12.3 Å². The number of methoxy groups -OCH3 is 1. The fourth-order valence-electron chi connectivity index (χ4n) is 4.36. The SMILES string of the molecule is COC(=O)C[C@H](c1c(O)ccc(C(=O)c2ccccc2)c1O)c1cc2cc3c(cc2[nH]c1=O)OCO3. The molecule has 0 aliphatic carbocycles. The number of benzene rings is 3. The molecule has 3 aromatic carbocycles. The van der Waals surface area contributed by atoms with Crippen molar-refractivity contribution in [2.24, 2.45) is 0 Å². The second kappa shape index (κ2) is 9.10. The number of hydrogen-bond donors (Lipinski definition) is 3. The highest BCUT2D eigenvalue weighted by molar-refractivity contribution is 6.11. The minimum atomic E-state index is -1.13. The third kappa shape index (κ3) is 4.00. The number of pyridine rings is 1. The van der Waals surface area contributed by atoms with Crippen LogP contribution in [0.4, 0.5) is 0 Å². The Labute approximate surface area is 204 Å². The van der Waals surface area contributed by atoms with Crippen molar-refractivity contribution >= 4 is 22.7 Å². The maximum Gasteiger partial charge on any atom is 0.306 e. The van der Waals surface area contributed by atoms with E-state index in [-0.39, 0.29) is 35.7 Å². The Morgan fingerprint density at radius 3 is 2.47 bits per heavy atom. The fraction of sp³-hybridized carbons (Fsp3) is 0.148. The molecule has 1 atom stereocenters. The number of nitrogens with one attached hydrogen (secondary N) is 1. The standard InChI is InChI=1S/C27H21NO8/c1-34-23(30)11-17(18-9-15-10-21-22(36-13-35-21)12-19(15)28-27(18)33)24-20(29)8-7-16(26(24)32)25(31)14-5-3-2-4-6-14/h2-10,12,17,29,32H,11,13H2,1H3,(H,28,33)/t17-/m0/s1. The molecule has 0 amide bonds. The summed E-state index contributed by atoms with van der Waals surface area (Å²) >= 11 is 0. The van der Waals surface area contributed by atoms with E-state index in [2.05, 4.69) is 4.98 Å². The predicted octanol–water partition coefficient (Wildman–Crippen LogP) is 3.59. The van der Waals surface area contributed by atoms with Crippen molar-refractivity contribution in [3.05, 3.63) is 93.3 Å². The number of phenolic OH excluding ortho intramolecular Hbond substituents is 2. The molecule has 2 heterocycles. The molecular weight excluding hydrogens is 466 g/mol. The van der Waals surface area contributed by atoms with E-state index in [9.17, 15) is 24.6 Å². The Bertz CT molecular complexity index is 1560. The maximum absolute atomic E-state index is 13.2. The Kier molecular flexibility index (Phi) is 5.81. The molecule has 5 rings (SSSR count). The van der Waals surface area contributed by atoms with Gasteiger partial charge in [0.2, 0.25) is 6.79 Å². The van der Waals surface area contributed by atoms with Gasteiger partial charge in [-0.05, 0) is 24.3 Å². The van der Waals surface area contributed by atoms with Crippen molar-refractivity contribution in [3.63, 3.8) is 0 Å². The summed E-state index contributed by atoms with van der Waals surface area (Å²) < 4.78 is 15.6. The molecule has 0 saturated heterocycles. The van der Waals surface area contributed by atoms with Crippen LogP contribution in [0.2, 0.25) is 0 Å². The lowest BCUT2D eigenvalue weighted by Crippen LogP contribution is -2.20. The minimum absolute atomic E-state index is 0.0533. The van der Waals surface area contributed by atoms with E-state index in [4.69, 9.17) is 14.2 Å². The van der Waals surface area contributed by atoms with Crippen molar-refractivity contribution in [2.75, 3.05) is 13.9 Å². The number of aromatic hydroxyl groups is 2. The highest BCUT2D eigenvalue weighted by Crippen LogP contribution is 2.43. The van der Waals surface area contributed by atoms with Gasteiger partial charge in [-0.2, -0.15) is 0 Å². The number of ether oxygens (including phenoxy) is 3. The summed E-state index contributed by atoms with van der Waals surface area (Å²) in [5.74, 6) is -2.21. The normalized spacial score (nSPS) is 12.9. The topological polar surface area (TPSA) is 135 Å². The number of carbonyl (C=O) groups is 2.